The van der Waals surface area contributed by atoms with E-state index in [-0.39, 0.29) is 0 Å². The Balaban J connectivity index is 2.05. The van der Waals surface area contributed by atoms with E-state index in [0.29, 0.717) is 11.5 Å². The molecule has 1 aromatic heterocycles. The molecule has 1 heterocycles. The summed E-state index contributed by atoms with van der Waals surface area (Å²) >= 11 is 0. The largest absolute Gasteiger partial charge is 0.366 e. The van der Waals surface area contributed by atoms with E-state index in [0.717, 1.165) is 28.4 Å². The average molecular weight is 355 g/mol. The number of primary amides is 1. The van der Waals surface area contributed by atoms with E-state index in [1.807, 2.05) is 12.1 Å². The molecule has 0 aliphatic heterocycles. The number of carbonyl (C=O) groups excluding carboxylic acids is 1. The van der Waals surface area contributed by atoms with Crippen molar-refractivity contribution in [1.29, 1.82) is 0 Å². The normalized spacial score (nSPS) is 11.6. The molecule has 0 fully saturated rings. The third kappa shape index (κ3) is 2.99. The third-order valence-electron chi connectivity index (χ3n) is 5.17. The van der Waals surface area contributed by atoms with Crippen molar-refractivity contribution in [1.82, 2.24) is 4.57 Å². The van der Waals surface area contributed by atoms with Crippen LogP contribution in [0.15, 0.2) is 54.6 Å². The summed E-state index contributed by atoms with van der Waals surface area (Å²) in [6, 6.07) is 22.0. The minimum Gasteiger partial charge on any atom is -0.366 e. The van der Waals surface area contributed by atoms with Gasteiger partial charge in [-0.2, -0.15) is 0 Å². The Labute approximate surface area is 159 Å². The van der Waals surface area contributed by atoms with Crippen LogP contribution in [0, 0.1) is 13.0 Å². The minimum absolute atomic E-state index is 0.406. The second kappa shape index (κ2) is 6.58. The van der Waals surface area contributed by atoms with Gasteiger partial charge in [0.2, 0.25) is 5.91 Å². The molecular formula is C24H23N2O. The van der Waals surface area contributed by atoms with E-state index in [4.69, 9.17) is 5.73 Å². The first-order valence-electron chi connectivity index (χ1n) is 9.27. The van der Waals surface area contributed by atoms with Gasteiger partial charge >= 0.3 is 0 Å². The molecule has 0 atom stereocenters. The molecule has 0 spiro atoms. The quantitative estimate of drug-likeness (QED) is 0.539. The molecule has 3 nitrogen and oxygen atoms in total. The Kier molecular flexibility index (Phi) is 4.23. The summed E-state index contributed by atoms with van der Waals surface area (Å²) in [5.74, 6) is 0.00299. The van der Waals surface area contributed by atoms with Gasteiger partial charge in [0.25, 0.3) is 0 Å². The van der Waals surface area contributed by atoms with Gasteiger partial charge in [0.05, 0.1) is 11.0 Å². The molecule has 4 aromatic rings. The predicted octanol–water partition coefficient (Wildman–Crippen LogP) is 5.17. The minimum atomic E-state index is -0.406. The number of nitrogens with two attached hydrogens (primary N) is 1. The maximum absolute atomic E-state index is 12.0. The Bertz CT molecular complexity index is 1170. The Morgan fingerprint density at radius 2 is 1.89 bits per heavy atom. The van der Waals surface area contributed by atoms with Crippen LogP contribution in [0.2, 0.25) is 0 Å². The van der Waals surface area contributed by atoms with Gasteiger partial charge in [-0.25, -0.2) is 0 Å². The molecule has 0 aliphatic rings. The Morgan fingerprint density at radius 3 is 2.59 bits per heavy atom. The highest BCUT2D eigenvalue weighted by Gasteiger charge is 2.17. The van der Waals surface area contributed by atoms with Crippen molar-refractivity contribution in [2.75, 3.05) is 0 Å². The fourth-order valence-electron chi connectivity index (χ4n) is 3.77. The zero-order chi connectivity index (χ0) is 19.1. The number of hydrogen-bond donors (Lipinski definition) is 1. The first-order chi connectivity index (χ1) is 13.0. The van der Waals surface area contributed by atoms with Crippen molar-refractivity contribution in [2.45, 2.75) is 33.2 Å². The number of amides is 1. The van der Waals surface area contributed by atoms with Crippen LogP contribution >= 0.6 is 0 Å². The molecule has 0 bridgehead atoms. The van der Waals surface area contributed by atoms with Crippen LogP contribution in [0.3, 0.4) is 0 Å². The molecule has 3 aromatic carbocycles. The highest BCUT2D eigenvalue weighted by atomic mass is 16.1. The van der Waals surface area contributed by atoms with Crippen LogP contribution in [-0.4, -0.2) is 10.5 Å². The van der Waals surface area contributed by atoms with Crippen molar-refractivity contribution >= 4 is 27.7 Å². The SMILES string of the molecule is Cc1cccc(Cn2c3cc(C(C)C)c[c]c3c3c(C(N)=O)cccc32)c1. The summed E-state index contributed by atoms with van der Waals surface area (Å²) < 4.78 is 2.27. The smallest absolute Gasteiger partial charge is 0.249 e. The second-order valence-corrected chi connectivity index (χ2v) is 7.49. The van der Waals surface area contributed by atoms with Gasteiger partial charge in [0, 0.05) is 22.9 Å². The zero-order valence-corrected chi connectivity index (χ0v) is 15.9. The number of hydrogen-bond acceptors (Lipinski definition) is 1. The lowest BCUT2D eigenvalue weighted by molar-refractivity contribution is 0.100. The van der Waals surface area contributed by atoms with Gasteiger partial charge in [0.15, 0.2) is 0 Å². The van der Waals surface area contributed by atoms with Gasteiger partial charge in [0.1, 0.15) is 0 Å². The molecular weight excluding hydrogens is 332 g/mol. The van der Waals surface area contributed by atoms with Gasteiger partial charge in [-0.15, -0.1) is 0 Å². The number of nitrogens with zero attached hydrogens (tertiary/aromatic N) is 1. The van der Waals surface area contributed by atoms with Crippen LogP contribution in [0.25, 0.3) is 21.8 Å². The van der Waals surface area contributed by atoms with Crippen molar-refractivity contribution in [3.8, 4) is 0 Å². The van der Waals surface area contributed by atoms with Gasteiger partial charge < -0.3 is 10.3 Å². The highest BCUT2D eigenvalue weighted by Crippen LogP contribution is 2.33. The van der Waals surface area contributed by atoms with Crippen LogP contribution in [0.5, 0.6) is 0 Å². The molecule has 3 heteroatoms. The number of rotatable bonds is 4. The van der Waals surface area contributed by atoms with Gasteiger partial charge in [-0.3, -0.25) is 4.79 Å². The molecule has 0 aliphatic carbocycles. The molecule has 0 saturated heterocycles. The van der Waals surface area contributed by atoms with Crippen LogP contribution in [0.4, 0.5) is 0 Å². The highest BCUT2D eigenvalue weighted by molar-refractivity contribution is 6.17. The number of benzene rings is 3. The van der Waals surface area contributed by atoms with E-state index >= 15 is 0 Å². The van der Waals surface area contributed by atoms with Crippen molar-refractivity contribution < 1.29 is 4.79 Å². The molecule has 135 valence electrons. The lowest BCUT2D eigenvalue weighted by Crippen LogP contribution is -2.11. The van der Waals surface area contributed by atoms with Crippen molar-refractivity contribution in [3.05, 3.63) is 82.9 Å². The van der Waals surface area contributed by atoms with E-state index in [9.17, 15) is 4.79 Å². The molecule has 0 saturated carbocycles. The van der Waals surface area contributed by atoms with E-state index in [2.05, 4.69) is 67.8 Å². The standard InChI is InChI=1S/C24H23N2O/c1-15(2)18-10-11-19-22(13-18)26(14-17-7-4-6-16(3)12-17)21-9-5-8-20(23(19)21)24(25)27/h4-10,12-13,15H,14H2,1-3H3,(H2,25,27). The molecule has 1 amide bonds. The Morgan fingerprint density at radius 1 is 1.11 bits per heavy atom. The van der Waals surface area contributed by atoms with Crippen LogP contribution in [-0.2, 0) is 6.54 Å². The van der Waals surface area contributed by atoms with Gasteiger partial charge in [-0.05, 0) is 48.2 Å². The monoisotopic (exact) mass is 355 g/mol. The lowest BCUT2D eigenvalue weighted by Gasteiger charge is -2.10. The summed E-state index contributed by atoms with van der Waals surface area (Å²) in [6.45, 7) is 7.19. The maximum Gasteiger partial charge on any atom is 0.249 e. The van der Waals surface area contributed by atoms with Crippen LogP contribution in [0.1, 0.15) is 46.8 Å². The lowest BCUT2D eigenvalue weighted by atomic mass is 10.00. The fourth-order valence-corrected chi connectivity index (χ4v) is 3.77. The number of fused-ring (bicyclic) bond motifs is 3. The van der Waals surface area contributed by atoms with Crippen molar-refractivity contribution in [2.24, 2.45) is 5.73 Å². The maximum atomic E-state index is 12.0. The number of carbonyl (C=O) groups is 1. The average Bonchev–Trinajstić information content (AvgIpc) is 2.95. The molecule has 2 N–H and O–H groups in total. The summed E-state index contributed by atoms with van der Waals surface area (Å²) in [5.41, 5.74) is 12.0. The summed E-state index contributed by atoms with van der Waals surface area (Å²) in [4.78, 5) is 12.0. The zero-order valence-electron chi connectivity index (χ0n) is 15.9. The molecule has 27 heavy (non-hydrogen) atoms. The van der Waals surface area contributed by atoms with Crippen molar-refractivity contribution in [3.63, 3.8) is 0 Å². The summed E-state index contributed by atoms with van der Waals surface area (Å²) in [6.07, 6.45) is 0. The topological polar surface area (TPSA) is 48.0 Å². The molecule has 0 unspecified atom stereocenters. The second-order valence-electron chi connectivity index (χ2n) is 7.49. The summed E-state index contributed by atoms with van der Waals surface area (Å²) in [5, 5.41) is 1.85. The summed E-state index contributed by atoms with van der Waals surface area (Å²) in [7, 11) is 0. The first kappa shape index (κ1) is 17.3. The van der Waals surface area contributed by atoms with E-state index in [1.54, 1.807) is 6.07 Å². The molecule has 4 rings (SSSR count). The first-order valence-corrected chi connectivity index (χ1v) is 9.27. The fraction of sp³-hybridized carbons (Fsp3) is 0.208. The predicted molar refractivity (Wildman–Crippen MR) is 111 cm³/mol. The Hall–Kier alpha value is -3.07. The van der Waals surface area contributed by atoms with E-state index < -0.39 is 5.91 Å². The number of aryl methyl sites for hydroxylation is 1. The van der Waals surface area contributed by atoms with Gasteiger partial charge in [-0.1, -0.05) is 55.8 Å². The number of aromatic nitrogens is 1. The third-order valence-corrected chi connectivity index (χ3v) is 5.17. The molecule has 1 radical (unpaired) electrons. The van der Waals surface area contributed by atoms with E-state index in [1.165, 1.54) is 16.7 Å². The van der Waals surface area contributed by atoms with Crippen LogP contribution < -0.4 is 5.73 Å².